The highest BCUT2D eigenvalue weighted by Gasteiger charge is 2.09. The van der Waals surface area contributed by atoms with Crippen LogP contribution in [0.4, 0.5) is 8.78 Å². The first kappa shape index (κ1) is 16.1. The summed E-state index contributed by atoms with van der Waals surface area (Å²) in [7, 11) is 0. The largest absolute Gasteiger partial charge is 0.356 e. The number of benzene rings is 1. The molecule has 0 aliphatic heterocycles. The fraction of sp³-hybridized carbons (Fsp3) is 0.500. The van der Waals surface area contributed by atoms with Crippen molar-refractivity contribution in [2.75, 3.05) is 11.9 Å². The van der Waals surface area contributed by atoms with Crippen molar-refractivity contribution in [2.45, 2.75) is 26.2 Å². The van der Waals surface area contributed by atoms with Crippen LogP contribution >= 0.6 is 15.9 Å². The molecule has 1 unspecified atom stereocenters. The van der Waals surface area contributed by atoms with Crippen molar-refractivity contribution in [1.29, 1.82) is 0 Å². The van der Waals surface area contributed by atoms with Gasteiger partial charge in [0, 0.05) is 17.9 Å². The van der Waals surface area contributed by atoms with Crippen LogP contribution in [0, 0.1) is 17.6 Å². The van der Waals surface area contributed by atoms with Gasteiger partial charge in [-0.2, -0.15) is 0 Å². The standard InChI is InChI=1S/C14H18BrF2NO/c1-10(9-15)3-2-6-18-14(19)7-11-4-5-12(16)8-13(11)17/h4-5,8,10H,2-3,6-7,9H2,1H3,(H,18,19). The molecule has 0 aliphatic rings. The third-order valence-corrected chi connectivity index (χ3v) is 3.93. The number of rotatable bonds is 7. The summed E-state index contributed by atoms with van der Waals surface area (Å²) in [6.45, 7) is 2.71. The molecular weight excluding hydrogens is 316 g/mol. The van der Waals surface area contributed by atoms with E-state index in [0.717, 1.165) is 30.3 Å². The van der Waals surface area contributed by atoms with Crippen LogP contribution in [0.2, 0.25) is 0 Å². The van der Waals surface area contributed by atoms with Gasteiger partial charge in [-0.3, -0.25) is 4.79 Å². The van der Waals surface area contributed by atoms with E-state index in [1.807, 2.05) is 0 Å². The topological polar surface area (TPSA) is 29.1 Å². The highest BCUT2D eigenvalue weighted by Crippen LogP contribution is 2.10. The first-order valence-electron chi connectivity index (χ1n) is 6.29. The molecule has 0 bridgehead atoms. The van der Waals surface area contributed by atoms with Crippen molar-refractivity contribution >= 4 is 21.8 Å². The molecule has 0 saturated heterocycles. The van der Waals surface area contributed by atoms with Crippen molar-refractivity contribution in [3.63, 3.8) is 0 Å². The summed E-state index contributed by atoms with van der Waals surface area (Å²) in [6.07, 6.45) is 1.86. The predicted octanol–water partition coefficient (Wildman–Crippen LogP) is 3.43. The molecule has 0 spiro atoms. The van der Waals surface area contributed by atoms with Crippen LogP contribution < -0.4 is 5.32 Å². The van der Waals surface area contributed by atoms with Gasteiger partial charge in [-0.25, -0.2) is 8.78 Å². The van der Waals surface area contributed by atoms with E-state index >= 15 is 0 Å². The molecule has 0 radical (unpaired) electrons. The molecule has 0 aliphatic carbocycles. The lowest BCUT2D eigenvalue weighted by Gasteiger charge is -2.08. The van der Waals surface area contributed by atoms with Crippen molar-refractivity contribution in [3.05, 3.63) is 35.4 Å². The number of alkyl halides is 1. The Kier molecular flexibility index (Phi) is 6.99. The Bertz CT molecular complexity index is 426. The summed E-state index contributed by atoms with van der Waals surface area (Å²) in [6, 6.07) is 3.25. The van der Waals surface area contributed by atoms with Crippen LogP contribution in [0.1, 0.15) is 25.3 Å². The van der Waals surface area contributed by atoms with E-state index in [1.165, 1.54) is 6.07 Å². The van der Waals surface area contributed by atoms with Gasteiger partial charge in [0.2, 0.25) is 5.91 Å². The van der Waals surface area contributed by atoms with Gasteiger partial charge in [0.25, 0.3) is 0 Å². The van der Waals surface area contributed by atoms with Crippen LogP contribution in [0.5, 0.6) is 0 Å². The number of carbonyl (C=O) groups excluding carboxylic acids is 1. The van der Waals surface area contributed by atoms with Crippen LogP contribution in [0.15, 0.2) is 18.2 Å². The molecule has 1 atom stereocenters. The fourth-order valence-corrected chi connectivity index (χ4v) is 1.98. The molecule has 1 amide bonds. The lowest BCUT2D eigenvalue weighted by molar-refractivity contribution is -0.120. The number of hydrogen-bond acceptors (Lipinski definition) is 1. The summed E-state index contributed by atoms with van der Waals surface area (Å²) >= 11 is 3.39. The lowest BCUT2D eigenvalue weighted by Crippen LogP contribution is -2.26. The Morgan fingerprint density at radius 3 is 2.79 bits per heavy atom. The molecule has 0 heterocycles. The first-order chi connectivity index (χ1) is 9.02. The lowest BCUT2D eigenvalue weighted by atomic mass is 10.1. The normalized spacial score (nSPS) is 12.2. The van der Waals surface area contributed by atoms with Crippen LogP contribution in [-0.2, 0) is 11.2 Å². The zero-order valence-corrected chi connectivity index (χ0v) is 12.5. The Morgan fingerprint density at radius 2 is 2.16 bits per heavy atom. The van der Waals surface area contributed by atoms with E-state index < -0.39 is 11.6 Å². The number of amides is 1. The smallest absolute Gasteiger partial charge is 0.224 e. The maximum absolute atomic E-state index is 13.3. The molecule has 2 nitrogen and oxygen atoms in total. The zero-order chi connectivity index (χ0) is 14.3. The Morgan fingerprint density at radius 1 is 1.42 bits per heavy atom. The minimum Gasteiger partial charge on any atom is -0.356 e. The SMILES string of the molecule is CC(CBr)CCCNC(=O)Cc1ccc(F)cc1F. The third kappa shape index (κ3) is 6.14. The van der Waals surface area contributed by atoms with Gasteiger partial charge in [-0.05, 0) is 30.4 Å². The van der Waals surface area contributed by atoms with Gasteiger partial charge in [0.1, 0.15) is 11.6 Å². The summed E-state index contributed by atoms with van der Waals surface area (Å²) in [5, 5.41) is 3.68. The molecule has 5 heteroatoms. The number of carbonyl (C=O) groups is 1. The molecule has 1 rings (SSSR count). The van der Waals surface area contributed by atoms with E-state index in [0.29, 0.717) is 12.5 Å². The molecule has 0 aromatic heterocycles. The van der Waals surface area contributed by atoms with Crippen LogP contribution in [0.25, 0.3) is 0 Å². The molecule has 1 aromatic rings. The second kappa shape index (κ2) is 8.25. The van der Waals surface area contributed by atoms with Crippen molar-refractivity contribution in [1.82, 2.24) is 5.32 Å². The maximum Gasteiger partial charge on any atom is 0.224 e. The van der Waals surface area contributed by atoms with E-state index in [9.17, 15) is 13.6 Å². The number of halogens is 3. The molecule has 1 aromatic carbocycles. The van der Waals surface area contributed by atoms with E-state index in [-0.39, 0.29) is 17.9 Å². The minimum absolute atomic E-state index is 0.0554. The van der Waals surface area contributed by atoms with Gasteiger partial charge in [0.15, 0.2) is 0 Å². The highest BCUT2D eigenvalue weighted by molar-refractivity contribution is 9.09. The van der Waals surface area contributed by atoms with Gasteiger partial charge >= 0.3 is 0 Å². The van der Waals surface area contributed by atoms with Gasteiger partial charge in [0.05, 0.1) is 6.42 Å². The molecule has 0 saturated carbocycles. The average molecular weight is 334 g/mol. The predicted molar refractivity (Wildman–Crippen MR) is 75.3 cm³/mol. The summed E-state index contributed by atoms with van der Waals surface area (Å²) in [4.78, 5) is 11.6. The maximum atomic E-state index is 13.3. The highest BCUT2D eigenvalue weighted by atomic mass is 79.9. The second-order valence-corrected chi connectivity index (χ2v) is 5.31. The monoisotopic (exact) mass is 333 g/mol. The first-order valence-corrected chi connectivity index (χ1v) is 7.41. The summed E-state index contributed by atoms with van der Waals surface area (Å²) in [5.41, 5.74) is 0.215. The van der Waals surface area contributed by atoms with E-state index in [1.54, 1.807) is 0 Å². The zero-order valence-electron chi connectivity index (χ0n) is 10.9. The Balaban J connectivity index is 2.31. The van der Waals surface area contributed by atoms with Crippen LogP contribution in [0.3, 0.4) is 0 Å². The van der Waals surface area contributed by atoms with Crippen LogP contribution in [-0.4, -0.2) is 17.8 Å². The summed E-state index contributed by atoms with van der Waals surface area (Å²) < 4.78 is 26.0. The Hall–Kier alpha value is -0.970. The van der Waals surface area contributed by atoms with Crippen molar-refractivity contribution in [3.8, 4) is 0 Å². The molecule has 19 heavy (non-hydrogen) atoms. The fourth-order valence-electron chi connectivity index (χ4n) is 1.66. The van der Waals surface area contributed by atoms with E-state index in [4.69, 9.17) is 0 Å². The molecule has 106 valence electrons. The number of hydrogen-bond donors (Lipinski definition) is 1. The van der Waals surface area contributed by atoms with Gasteiger partial charge in [-0.1, -0.05) is 28.9 Å². The third-order valence-electron chi connectivity index (χ3n) is 2.83. The molecule has 0 fully saturated rings. The number of nitrogens with one attached hydrogen (secondary N) is 1. The van der Waals surface area contributed by atoms with Gasteiger partial charge < -0.3 is 5.32 Å². The Labute approximate surface area is 120 Å². The van der Waals surface area contributed by atoms with Crippen molar-refractivity contribution in [2.24, 2.45) is 5.92 Å². The molecular formula is C14H18BrF2NO. The van der Waals surface area contributed by atoms with Gasteiger partial charge in [-0.15, -0.1) is 0 Å². The van der Waals surface area contributed by atoms with Crippen molar-refractivity contribution < 1.29 is 13.6 Å². The second-order valence-electron chi connectivity index (χ2n) is 4.66. The molecule has 1 N–H and O–H groups in total. The average Bonchev–Trinajstić information content (AvgIpc) is 2.37. The minimum atomic E-state index is -0.678. The summed E-state index contributed by atoms with van der Waals surface area (Å²) in [5.74, 6) is -0.975. The quantitative estimate of drug-likeness (QED) is 0.601. The van der Waals surface area contributed by atoms with E-state index in [2.05, 4.69) is 28.2 Å².